The maximum Gasteiger partial charge on any atom is 0.344 e. The Kier molecular flexibility index (Phi) is 2.89. The Morgan fingerprint density at radius 3 is 1.36 bits per heavy atom. The predicted molar refractivity (Wildman–Crippen MR) is 35.8 cm³/mol. The van der Waals surface area contributed by atoms with E-state index < -0.39 is 11.9 Å². The van der Waals surface area contributed by atoms with Crippen molar-refractivity contribution in [1.82, 2.24) is 0 Å². The second-order valence-electron chi connectivity index (χ2n) is 2.38. The number of esters is 2. The van der Waals surface area contributed by atoms with Crippen molar-refractivity contribution in [2.45, 2.75) is 19.3 Å². The first-order valence-electron chi connectivity index (χ1n) is 3.60. The van der Waals surface area contributed by atoms with E-state index in [1.807, 2.05) is 0 Å². The highest BCUT2D eigenvalue weighted by molar-refractivity contribution is 5.82. The molecule has 4 nitrogen and oxygen atoms in total. The molecule has 0 radical (unpaired) electrons. The van der Waals surface area contributed by atoms with E-state index in [0.29, 0.717) is 0 Å². The molecule has 62 valence electrons. The second kappa shape index (κ2) is 3.95. The standard InChI is InChI=1S/C4H4O4.C3H6/c5-3-1-7-4(6)2-8-3;1-2-3-1/h1-2H2;1-3H2. The van der Waals surface area contributed by atoms with E-state index in [9.17, 15) is 9.59 Å². The lowest BCUT2D eigenvalue weighted by Gasteiger charge is -2.09. The van der Waals surface area contributed by atoms with E-state index in [1.165, 1.54) is 19.3 Å². The van der Waals surface area contributed by atoms with Crippen molar-refractivity contribution in [3.63, 3.8) is 0 Å². The summed E-state index contributed by atoms with van der Waals surface area (Å²) in [7, 11) is 0. The van der Waals surface area contributed by atoms with Gasteiger partial charge in [-0.15, -0.1) is 0 Å². The molecule has 0 spiro atoms. The lowest BCUT2D eigenvalue weighted by Crippen LogP contribution is -2.27. The van der Waals surface area contributed by atoms with E-state index in [4.69, 9.17) is 0 Å². The zero-order valence-corrected chi connectivity index (χ0v) is 6.17. The van der Waals surface area contributed by atoms with Crippen molar-refractivity contribution in [2.75, 3.05) is 13.2 Å². The number of rotatable bonds is 0. The number of cyclic esters (lactones) is 2. The van der Waals surface area contributed by atoms with Crippen LogP contribution < -0.4 is 0 Å². The minimum absolute atomic E-state index is 0.237. The molecule has 1 heterocycles. The number of hydrogen-bond acceptors (Lipinski definition) is 4. The Morgan fingerprint density at radius 2 is 1.18 bits per heavy atom. The summed E-state index contributed by atoms with van der Waals surface area (Å²) in [5.74, 6) is -0.964. The van der Waals surface area contributed by atoms with Crippen LogP contribution in [0, 0.1) is 0 Å². The molecule has 2 fully saturated rings. The number of hydrogen-bond donors (Lipinski definition) is 0. The van der Waals surface area contributed by atoms with Crippen LogP contribution in [0.4, 0.5) is 0 Å². The van der Waals surface area contributed by atoms with Gasteiger partial charge in [0.25, 0.3) is 0 Å². The van der Waals surface area contributed by atoms with Crippen molar-refractivity contribution in [3.8, 4) is 0 Å². The van der Waals surface area contributed by atoms with Gasteiger partial charge in [-0.25, -0.2) is 9.59 Å². The van der Waals surface area contributed by atoms with Crippen LogP contribution in [0.1, 0.15) is 19.3 Å². The Labute approximate surface area is 64.5 Å². The van der Waals surface area contributed by atoms with E-state index in [0.717, 1.165) is 0 Å². The third-order valence-electron chi connectivity index (χ3n) is 1.06. The molecule has 4 heteroatoms. The summed E-state index contributed by atoms with van der Waals surface area (Å²) in [6, 6.07) is 0. The summed E-state index contributed by atoms with van der Waals surface area (Å²) in [5.41, 5.74) is 0. The van der Waals surface area contributed by atoms with E-state index in [2.05, 4.69) is 9.47 Å². The first-order valence-corrected chi connectivity index (χ1v) is 3.60. The summed E-state index contributed by atoms with van der Waals surface area (Å²) in [4.78, 5) is 20.2. The van der Waals surface area contributed by atoms with Crippen LogP contribution >= 0.6 is 0 Å². The molecule has 0 atom stereocenters. The maximum absolute atomic E-state index is 10.1. The van der Waals surface area contributed by atoms with Gasteiger partial charge in [0.15, 0.2) is 13.2 Å². The average molecular weight is 158 g/mol. The topological polar surface area (TPSA) is 52.6 Å². The molecule has 0 aromatic rings. The molecule has 2 aliphatic rings. The van der Waals surface area contributed by atoms with Crippen molar-refractivity contribution in [3.05, 3.63) is 0 Å². The van der Waals surface area contributed by atoms with Crippen LogP contribution in [-0.2, 0) is 19.1 Å². The number of carbonyl (C=O) groups is 2. The smallest absolute Gasteiger partial charge is 0.344 e. The lowest BCUT2D eigenvalue weighted by atomic mass is 10.6. The molecule has 0 amide bonds. The van der Waals surface area contributed by atoms with E-state index in [1.54, 1.807) is 0 Å². The molecule has 0 aromatic heterocycles. The Hall–Kier alpha value is -1.06. The molecule has 1 saturated heterocycles. The molecule has 0 N–H and O–H groups in total. The van der Waals surface area contributed by atoms with Gasteiger partial charge in [-0.1, -0.05) is 19.3 Å². The maximum atomic E-state index is 10.1. The Morgan fingerprint density at radius 1 is 0.818 bits per heavy atom. The van der Waals surface area contributed by atoms with Gasteiger partial charge in [0, 0.05) is 0 Å². The van der Waals surface area contributed by atoms with Crippen LogP contribution in [0.5, 0.6) is 0 Å². The first-order chi connectivity index (χ1) is 5.29. The summed E-state index contributed by atoms with van der Waals surface area (Å²) >= 11 is 0. The minimum atomic E-state index is -0.482. The van der Waals surface area contributed by atoms with Gasteiger partial charge in [0.2, 0.25) is 0 Å². The summed E-state index contributed by atoms with van der Waals surface area (Å²) in [6.45, 7) is -0.475. The predicted octanol–water partition coefficient (Wildman–Crippen LogP) is 0.257. The Balaban J connectivity index is 0.000000167. The van der Waals surface area contributed by atoms with E-state index >= 15 is 0 Å². The third-order valence-corrected chi connectivity index (χ3v) is 1.06. The fourth-order valence-electron chi connectivity index (χ4n) is 0.362. The quantitative estimate of drug-likeness (QED) is 0.474. The molecule has 1 saturated carbocycles. The van der Waals surface area contributed by atoms with Crippen LogP contribution in [0.25, 0.3) is 0 Å². The average Bonchev–Trinajstić information content (AvgIpc) is 2.80. The van der Waals surface area contributed by atoms with Crippen LogP contribution in [0.2, 0.25) is 0 Å². The van der Waals surface area contributed by atoms with Gasteiger partial charge in [-0.05, 0) is 0 Å². The van der Waals surface area contributed by atoms with Gasteiger partial charge >= 0.3 is 11.9 Å². The highest BCUT2D eigenvalue weighted by atomic mass is 16.6. The van der Waals surface area contributed by atoms with Crippen molar-refractivity contribution < 1.29 is 19.1 Å². The monoisotopic (exact) mass is 158 g/mol. The highest BCUT2D eigenvalue weighted by Gasteiger charge is 2.16. The molecule has 1 aliphatic heterocycles. The van der Waals surface area contributed by atoms with Gasteiger partial charge in [0.05, 0.1) is 0 Å². The van der Waals surface area contributed by atoms with E-state index in [-0.39, 0.29) is 13.2 Å². The summed E-state index contributed by atoms with van der Waals surface area (Å²) in [5, 5.41) is 0. The second-order valence-corrected chi connectivity index (χ2v) is 2.38. The first kappa shape index (κ1) is 8.04. The molecule has 0 aromatic carbocycles. The largest absolute Gasteiger partial charge is 0.451 e. The van der Waals surface area contributed by atoms with Gasteiger partial charge in [0.1, 0.15) is 0 Å². The van der Waals surface area contributed by atoms with Crippen molar-refractivity contribution in [1.29, 1.82) is 0 Å². The molecule has 0 unspecified atom stereocenters. The highest BCUT2D eigenvalue weighted by Crippen LogP contribution is 2.14. The number of carbonyl (C=O) groups excluding carboxylic acids is 2. The summed E-state index contributed by atoms with van der Waals surface area (Å²) < 4.78 is 8.55. The molecular weight excluding hydrogens is 148 g/mol. The zero-order valence-electron chi connectivity index (χ0n) is 6.17. The van der Waals surface area contributed by atoms with Crippen LogP contribution in [0.3, 0.4) is 0 Å². The van der Waals surface area contributed by atoms with Crippen molar-refractivity contribution in [2.24, 2.45) is 0 Å². The molecule has 0 bridgehead atoms. The SMILES string of the molecule is C1CC1.O=C1COC(=O)CO1. The molecule has 11 heavy (non-hydrogen) atoms. The van der Waals surface area contributed by atoms with Crippen LogP contribution in [0.15, 0.2) is 0 Å². The summed E-state index contributed by atoms with van der Waals surface area (Å²) in [6.07, 6.45) is 4.50. The van der Waals surface area contributed by atoms with Gasteiger partial charge in [-0.2, -0.15) is 0 Å². The molecule has 1 aliphatic carbocycles. The lowest BCUT2D eigenvalue weighted by molar-refractivity contribution is -0.174. The third kappa shape index (κ3) is 4.36. The fraction of sp³-hybridized carbons (Fsp3) is 0.714. The van der Waals surface area contributed by atoms with Crippen LogP contribution in [-0.4, -0.2) is 25.2 Å². The van der Waals surface area contributed by atoms with Crippen molar-refractivity contribution >= 4 is 11.9 Å². The van der Waals surface area contributed by atoms with Gasteiger partial charge < -0.3 is 9.47 Å². The molecule has 2 rings (SSSR count). The number of ether oxygens (including phenoxy) is 2. The normalized spacial score (nSPS) is 20.7. The minimum Gasteiger partial charge on any atom is -0.451 e. The van der Waals surface area contributed by atoms with Gasteiger partial charge in [-0.3, -0.25) is 0 Å². The fourth-order valence-corrected chi connectivity index (χ4v) is 0.362. The Bertz CT molecular complexity index is 131. The molecular formula is C7H10O4. The zero-order chi connectivity index (χ0) is 8.10.